The molecule has 1 fully saturated rings. The number of rotatable bonds is 6. The largest absolute Gasteiger partial charge is 0.360 e. The lowest BCUT2D eigenvalue weighted by atomic mass is 10.1. The Labute approximate surface area is 179 Å². The number of anilines is 2. The molecule has 0 atom stereocenters. The third-order valence-corrected chi connectivity index (χ3v) is 5.88. The average Bonchev–Trinajstić information content (AvgIpc) is 2.72. The first-order valence-corrected chi connectivity index (χ1v) is 10.6. The van der Waals surface area contributed by atoms with Crippen LogP contribution < -0.4 is 15.1 Å². The van der Waals surface area contributed by atoms with E-state index < -0.39 is 0 Å². The molecule has 30 heavy (non-hydrogen) atoms. The van der Waals surface area contributed by atoms with Crippen LogP contribution in [0.5, 0.6) is 0 Å². The van der Waals surface area contributed by atoms with E-state index in [0.717, 1.165) is 43.0 Å². The fourth-order valence-electron chi connectivity index (χ4n) is 4.00. The van der Waals surface area contributed by atoms with Crippen LogP contribution in [-0.4, -0.2) is 63.0 Å². The van der Waals surface area contributed by atoms with Crippen LogP contribution >= 0.6 is 0 Å². The molecule has 2 aromatic carbocycles. The van der Waals surface area contributed by atoms with Crippen molar-refractivity contribution in [3.8, 4) is 0 Å². The van der Waals surface area contributed by atoms with Gasteiger partial charge in [-0.2, -0.15) is 0 Å². The fraction of sp³-hybridized carbons (Fsp3) is 0.417. The zero-order valence-corrected chi connectivity index (χ0v) is 18.5. The van der Waals surface area contributed by atoms with Crippen molar-refractivity contribution in [3.05, 3.63) is 59.2 Å². The van der Waals surface area contributed by atoms with Crippen molar-refractivity contribution in [2.75, 3.05) is 56.5 Å². The summed E-state index contributed by atoms with van der Waals surface area (Å²) in [5, 5.41) is 2.95. The summed E-state index contributed by atoms with van der Waals surface area (Å²) in [6.45, 7) is 10.3. The van der Waals surface area contributed by atoms with E-state index in [1.807, 2.05) is 32.0 Å². The van der Waals surface area contributed by atoms with Crippen LogP contribution in [-0.2, 0) is 9.59 Å². The van der Waals surface area contributed by atoms with Gasteiger partial charge in [0.2, 0.25) is 5.91 Å². The lowest BCUT2D eigenvalue weighted by Crippen LogP contribution is -3.15. The first-order valence-electron chi connectivity index (χ1n) is 10.6. The molecule has 3 rings (SSSR count). The molecule has 2 aromatic rings. The standard InChI is InChI=1S/C24H32N4O2/c1-18-8-5-6-11-21(18)28-14-12-27(13-15-28)17-23(30)26(4)16-22(29)25-24-19(2)9-7-10-20(24)3/h5-11H,12-17H2,1-4H3,(H,25,29)/p+1. The number of nitrogens with one attached hydrogen (secondary N) is 2. The molecule has 0 spiro atoms. The molecule has 1 heterocycles. The highest BCUT2D eigenvalue weighted by Crippen LogP contribution is 2.20. The van der Waals surface area contributed by atoms with E-state index in [2.05, 4.69) is 41.4 Å². The molecule has 6 heteroatoms. The number of hydrogen-bond donors (Lipinski definition) is 2. The molecule has 6 nitrogen and oxygen atoms in total. The minimum atomic E-state index is -0.164. The van der Waals surface area contributed by atoms with E-state index in [-0.39, 0.29) is 18.4 Å². The van der Waals surface area contributed by atoms with E-state index in [4.69, 9.17) is 0 Å². The molecule has 2 N–H and O–H groups in total. The lowest BCUT2D eigenvalue weighted by Gasteiger charge is -2.34. The van der Waals surface area contributed by atoms with E-state index >= 15 is 0 Å². The number of amides is 2. The summed E-state index contributed by atoms with van der Waals surface area (Å²) in [5.41, 5.74) is 5.44. The normalized spacial score (nSPS) is 14.5. The number of aryl methyl sites for hydroxylation is 3. The van der Waals surface area contributed by atoms with Gasteiger partial charge in [-0.1, -0.05) is 36.4 Å². The highest BCUT2D eigenvalue weighted by atomic mass is 16.2. The number of carbonyl (C=O) groups is 2. The zero-order valence-electron chi connectivity index (χ0n) is 18.5. The van der Waals surface area contributed by atoms with Gasteiger partial charge in [0.15, 0.2) is 6.54 Å². The number of quaternary nitrogens is 1. The van der Waals surface area contributed by atoms with Crippen molar-refractivity contribution < 1.29 is 14.5 Å². The second-order valence-electron chi connectivity index (χ2n) is 8.27. The number of para-hydroxylation sites is 2. The molecule has 0 aliphatic carbocycles. The van der Waals surface area contributed by atoms with Crippen LogP contribution in [0.3, 0.4) is 0 Å². The maximum Gasteiger partial charge on any atom is 0.277 e. The monoisotopic (exact) mass is 409 g/mol. The Kier molecular flexibility index (Phi) is 7.11. The van der Waals surface area contributed by atoms with Crippen molar-refractivity contribution in [1.82, 2.24) is 4.90 Å². The topological polar surface area (TPSA) is 57.1 Å². The van der Waals surface area contributed by atoms with E-state index in [9.17, 15) is 9.59 Å². The summed E-state index contributed by atoms with van der Waals surface area (Å²) in [6, 6.07) is 14.3. The Morgan fingerprint density at radius 3 is 2.20 bits per heavy atom. The molecule has 0 radical (unpaired) electrons. The molecule has 1 saturated heterocycles. The molecule has 1 aliphatic rings. The van der Waals surface area contributed by atoms with Crippen LogP contribution in [0.25, 0.3) is 0 Å². The van der Waals surface area contributed by atoms with E-state index in [1.54, 1.807) is 7.05 Å². The van der Waals surface area contributed by atoms with E-state index in [1.165, 1.54) is 21.1 Å². The minimum Gasteiger partial charge on any atom is -0.360 e. The van der Waals surface area contributed by atoms with Crippen molar-refractivity contribution in [2.45, 2.75) is 20.8 Å². The smallest absolute Gasteiger partial charge is 0.277 e. The molecule has 0 saturated carbocycles. The summed E-state index contributed by atoms with van der Waals surface area (Å²) in [6.07, 6.45) is 0. The van der Waals surface area contributed by atoms with Crippen molar-refractivity contribution in [3.63, 3.8) is 0 Å². The maximum absolute atomic E-state index is 12.7. The van der Waals surface area contributed by atoms with E-state index in [0.29, 0.717) is 6.54 Å². The number of nitrogens with zero attached hydrogens (tertiary/aromatic N) is 2. The van der Waals surface area contributed by atoms with Gasteiger partial charge in [-0.05, 0) is 43.5 Å². The van der Waals surface area contributed by atoms with Crippen LogP contribution in [0.1, 0.15) is 16.7 Å². The van der Waals surface area contributed by atoms with Gasteiger partial charge in [0.1, 0.15) is 0 Å². The van der Waals surface area contributed by atoms with Crippen molar-refractivity contribution in [2.24, 2.45) is 0 Å². The second-order valence-corrected chi connectivity index (χ2v) is 8.27. The molecule has 0 aromatic heterocycles. The summed E-state index contributed by atoms with van der Waals surface area (Å²) < 4.78 is 0. The average molecular weight is 410 g/mol. The molecule has 1 aliphatic heterocycles. The number of likely N-dealkylation sites (N-methyl/N-ethyl adjacent to an activating group) is 1. The van der Waals surface area contributed by atoms with Gasteiger partial charge in [0.05, 0.1) is 32.7 Å². The van der Waals surface area contributed by atoms with Gasteiger partial charge in [0.25, 0.3) is 5.91 Å². The van der Waals surface area contributed by atoms with Gasteiger partial charge in [-0.25, -0.2) is 0 Å². The van der Waals surface area contributed by atoms with Crippen LogP contribution in [0, 0.1) is 20.8 Å². The summed E-state index contributed by atoms with van der Waals surface area (Å²) >= 11 is 0. The first-order chi connectivity index (χ1) is 14.3. The van der Waals surface area contributed by atoms with Crippen LogP contribution in [0.2, 0.25) is 0 Å². The third-order valence-electron chi connectivity index (χ3n) is 5.88. The van der Waals surface area contributed by atoms with Gasteiger partial charge >= 0.3 is 0 Å². The van der Waals surface area contributed by atoms with Crippen LogP contribution in [0.15, 0.2) is 42.5 Å². The lowest BCUT2D eigenvalue weighted by molar-refractivity contribution is -0.892. The predicted molar refractivity (Wildman–Crippen MR) is 121 cm³/mol. The molecular formula is C24H33N4O2+. The minimum absolute atomic E-state index is 0.00555. The highest BCUT2D eigenvalue weighted by molar-refractivity contribution is 5.95. The van der Waals surface area contributed by atoms with Gasteiger partial charge in [-0.15, -0.1) is 0 Å². The van der Waals surface area contributed by atoms with Crippen molar-refractivity contribution in [1.29, 1.82) is 0 Å². The van der Waals surface area contributed by atoms with Crippen molar-refractivity contribution >= 4 is 23.2 Å². The number of hydrogen-bond acceptors (Lipinski definition) is 3. The Morgan fingerprint density at radius 1 is 0.967 bits per heavy atom. The Balaban J connectivity index is 1.47. The summed E-state index contributed by atoms with van der Waals surface area (Å²) in [5.74, 6) is -0.159. The molecule has 0 unspecified atom stereocenters. The highest BCUT2D eigenvalue weighted by Gasteiger charge is 2.25. The van der Waals surface area contributed by atoms with Crippen LogP contribution in [0.4, 0.5) is 11.4 Å². The molecule has 160 valence electrons. The molecule has 0 bridgehead atoms. The first kappa shape index (κ1) is 21.8. The molecule has 2 amide bonds. The Bertz CT molecular complexity index is 884. The van der Waals surface area contributed by atoms with Gasteiger partial charge < -0.3 is 20.0 Å². The molecular weight excluding hydrogens is 376 g/mol. The quantitative estimate of drug-likeness (QED) is 0.759. The van der Waals surface area contributed by atoms with Gasteiger partial charge in [-0.3, -0.25) is 9.59 Å². The summed E-state index contributed by atoms with van der Waals surface area (Å²) in [4.78, 5) is 30.3. The second kappa shape index (κ2) is 9.76. The third kappa shape index (κ3) is 5.39. The number of carbonyl (C=O) groups excluding carboxylic acids is 2. The Morgan fingerprint density at radius 2 is 1.57 bits per heavy atom. The zero-order chi connectivity index (χ0) is 21.7. The predicted octanol–water partition coefficient (Wildman–Crippen LogP) is 1.41. The fourth-order valence-corrected chi connectivity index (χ4v) is 4.00. The maximum atomic E-state index is 12.7. The van der Waals surface area contributed by atoms with Gasteiger partial charge in [0, 0.05) is 18.4 Å². The summed E-state index contributed by atoms with van der Waals surface area (Å²) in [7, 11) is 1.70. The number of piperazine rings is 1. The SMILES string of the molecule is Cc1ccccc1N1CC[NH+](CC(=O)N(C)CC(=O)Nc2c(C)cccc2C)CC1. The Hall–Kier alpha value is -2.86. The number of benzene rings is 2.